The summed E-state index contributed by atoms with van der Waals surface area (Å²) in [7, 11) is 0. The van der Waals surface area contributed by atoms with E-state index in [0.29, 0.717) is 11.3 Å². The Balaban J connectivity index is 1.71. The van der Waals surface area contributed by atoms with Crippen LogP contribution in [0.15, 0.2) is 4.99 Å². The molecule has 92 valence electrons. The average Bonchev–Trinajstić information content (AvgIpc) is 2.94. The minimum atomic E-state index is 0.382. The van der Waals surface area contributed by atoms with E-state index in [0.717, 1.165) is 24.3 Å². The molecule has 2 aliphatic rings. The highest BCUT2D eigenvalue weighted by Crippen LogP contribution is 2.41. The van der Waals surface area contributed by atoms with Gasteiger partial charge in [0.25, 0.3) is 0 Å². The predicted molar refractivity (Wildman–Crippen MR) is 73.0 cm³/mol. The van der Waals surface area contributed by atoms with Crippen LogP contribution in [0.3, 0.4) is 0 Å². The van der Waals surface area contributed by atoms with Crippen LogP contribution < -0.4 is 5.32 Å². The van der Waals surface area contributed by atoms with Crippen LogP contribution in [-0.4, -0.2) is 23.5 Å². The zero-order valence-electron chi connectivity index (χ0n) is 10.9. The fourth-order valence-electron chi connectivity index (χ4n) is 1.75. The molecule has 1 N–H and O–H groups in total. The third kappa shape index (κ3) is 3.16. The molecule has 16 heavy (non-hydrogen) atoms. The summed E-state index contributed by atoms with van der Waals surface area (Å²) in [4.78, 5) is 4.60. The van der Waals surface area contributed by atoms with Gasteiger partial charge in [0.05, 0.1) is 6.54 Å². The molecule has 3 heteroatoms. The highest BCUT2D eigenvalue weighted by Gasteiger charge is 2.35. The van der Waals surface area contributed by atoms with E-state index >= 15 is 0 Å². The van der Waals surface area contributed by atoms with Gasteiger partial charge < -0.3 is 5.32 Å². The molecule has 2 atom stereocenters. The second-order valence-corrected chi connectivity index (χ2v) is 7.52. The van der Waals surface area contributed by atoms with Gasteiger partial charge in [-0.2, -0.15) is 0 Å². The van der Waals surface area contributed by atoms with Crippen LogP contribution in [0.1, 0.15) is 40.5 Å². The lowest BCUT2D eigenvalue weighted by Crippen LogP contribution is -2.32. The van der Waals surface area contributed by atoms with Crippen molar-refractivity contribution in [1.29, 1.82) is 0 Å². The molecule has 1 heterocycles. The quantitative estimate of drug-likeness (QED) is 0.819. The number of rotatable bonds is 3. The molecule has 0 spiro atoms. The van der Waals surface area contributed by atoms with Crippen LogP contribution in [0.4, 0.5) is 0 Å². The van der Waals surface area contributed by atoms with Crippen molar-refractivity contribution >= 4 is 16.9 Å². The highest BCUT2D eigenvalue weighted by atomic mass is 32.2. The maximum absolute atomic E-state index is 4.60. The number of hydrogen-bond acceptors (Lipinski definition) is 3. The first-order chi connectivity index (χ1) is 7.47. The molecule has 2 unspecified atom stereocenters. The molecule has 1 aliphatic carbocycles. The highest BCUT2D eigenvalue weighted by molar-refractivity contribution is 8.14. The number of thioether (sulfide) groups is 1. The van der Waals surface area contributed by atoms with Crippen molar-refractivity contribution in [2.45, 2.75) is 45.8 Å². The van der Waals surface area contributed by atoms with Crippen molar-refractivity contribution in [3.05, 3.63) is 0 Å². The van der Waals surface area contributed by atoms with Gasteiger partial charge in [0.15, 0.2) is 5.17 Å². The lowest BCUT2D eigenvalue weighted by atomic mass is 9.82. The molecule has 0 aromatic rings. The molecule has 0 aromatic heterocycles. The zero-order valence-corrected chi connectivity index (χ0v) is 11.7. The average molecular weight is 240 g/mol. The van der Waals surface area contributed by atoms with E-state index < -0.39 is 0 Å². The number of nitrogens with one attached hydrogen (secondary N) is 1. The summed E-state index contributed by atoms with van der Waals surface area (Å²) in [5.74, 6) is 1.64. The first-order valence-electron chi connectivity index (χ1n) is 6.42. The minimum absolute atomic E-state index is 0.382. The summed E-state index contributed by atoms with van der Waals surface area (Å²) in [5.41, 5.74) is 0.382. The van der Waals surface area contributed by atoms with Gasteiger partial charge in [-0.15, -0.1) is 0 Å². The lowest BCUT2D eigenvalue weighted by molar-refractivity contribution is 0.262. The van der Waals surface area contributed by atoms with Crippen LogP contribution in [0.2, 0.25) is 0 Å². The first-order valence-corrected chi connectivity index (χ1v) is 7.30. The SMILES string of the molecule is CC(CNC1=NCC(C2CC2)S1)C(C)(C)C. The summed E-state index contributed by atoms with van der Waals surface area (Å²) < 4.78 is 0. The molecule has 1 saturated carbocycles. The Hall–Kier alpha value is -0.180. The van der Waals surface area contributed by atoms with Gasteiger partial charge in [0.2, 0.25) is 0 Å². The van der Waals surface area contributed by atoms with Gasteiger partial charge in [-0.3, -0.25) is 4.99 Å². The third-order valence-corrected chi connectivity index (χ3v) is 5.20. The molecule has 2 rings (SSSR count). The second kappa shape index (κ2) is 4.59. The summed E-state index contributed by atoms with van der Waals surface area (Å²) in [6.45, 7) is 11.3. The Labute approximate surface area is 104 Å². The van der Waals surface area contributed by atoms with Crippen molar-refractivity contribution < 1.29 is 0 Å². The predicted octanol–water partition coefficient (Wildman–Crippen LogP) is 3.14. The van der Waals surface area contributed by atoms with Gasteiger partial charge >= 0.3 is 0 Å². The molecule has 0 saturated heterocycles. The van der Waals surface area contributed by atoms with Crippen molar-refractivity contribution in [2.75, 3.05) is 13.1 Å². The molecular weight excluding hydrogens is 216 g/mol. The van der Waals surface area contributed by atoms with E-state index in [1.54, 1.807) is 0 Å². The third-order valence-electron chi connectivity index (χ3n) is 3.86. The molecule has 2 nitrogen and oxygen atoms in total. The Morgan fingerprint density at radius 2 is 2.12 bits per heavy atom. The summed E-state index contributed by atoms with van der Waals surface area (Å²) in [5, 5.41) is 5.49. The fourth-order valence-corrected chi connectivity index (χ4v) is 2.96. The number of aliphatic imine (C=N–C) groups is 1. The van der Waals surface area contributed by atoms with Crippen LogP contribution in [0, 0.1) is 17.3 Å². The van der Waals surface area contributed by atoms with E-state index in [4.69, 9.17) is 0 Å². The lowest BCUT2D eigenvalue weighted by Gasteiger charge is -2.27. The Morgan fingerprint density at radius 1 is 1.44 bits per heavy atom. The molecule has 1 fully saturated rings. The summed E-state index contributed by atoms with van der Waals surface area (Å²) in [6.07, 6.45) is 2.86. The smallest absolute Gasteiger partial charge is 0.156 e. The largest absolute Gasteiger partial charge is 0.365 e. The van der Waals surface area contributed by atoms with Gasteiger partial charge in [0.1, 0.15) is 0 Å². The molecule has 0 bridgehead atoms. The summed E-state index contributed by atoms with van der Waals surface area (Å²) >= 11 is 1.97. The van der Waals surface area contributed by atoms with E-state index in [2.05, 4.69) is 38.0 Å². The van der Waals surface area contributed by atoms with E-state index in [1.165, 1.54) is 18.0 Å². The maximum atomic E-state index is 4.60. The Bertz CT molecular complexity index is 276. The number of hydrogen-bond donors (Lipinski definition) is 1. The Kier molecular flexibility index (Phi) is 3.53. The maximum Gasteiger partial charge on any atom is 0.156 e. The molecule has 0 radical (unpaired) electrons. The van der Waals surface area contributed by atoms with Gasteiger partial charge in [-0.25, -0.2) is 0 Å². The first kappa shape index (κ1) is 12.3. The number of nitrogens with zero attached hydrogens (tertiary/aromatic N) is 1. The van der Waals surface area contributed by atoms with E-state index in [-0.39, 0.29) is 0 Å². The molecule has 0 amide bonds. The van der Waals surface area contributed by atoms with Crippen molar-refractivity contribution in [2.24, 2.45) is 22.2 Å². The molecule has 1 aliphatic heterocycles. The zero-order chi connectivity index (χ0) is 11.8. The molecule has 0 aromatic carbocycles. The van der Waals surface area contributed by atoms with Crippen molar-refractivity contribution in [3.8, 4) is 0 Å². The topological polar surface area (TPSA) is 24.4 Å². The fraction of sp³-hybridized carbons (Fsp3) is 0.923. The van der Waals surface area contributed by atoms with Crippen molar-refractivity contribution in [1.82, 2.24) is 5.32 Å². The molecular formula is C13H24N2S. The summed E-state index contributed by atoms with van der Waals surface area (Å²) in [6, 6.07) is 0. The number of amidine groups is 1. The standard InChI is InChI=1S/C13H24N2S/c1-9(13(2,3)4)7-14-12-15-8-11(16-12)10-5-6-10/h9-11H,5-8H2,1-4H3,(H,14,15). The normalized spacial score (nSPS) is 27.8. The minimum Gasteiger partial charge on any atom is -0.365 e. The van der Waals surface area contributed by atoms with Crippen molar-refractivity contribution in [3.63, 3.8) is 0 Å². The van der Waals surface area contributed by atoms with Gasteiger partial charge in [-0.1, -0.05) is 39.5 Å². The van der Waals surface area contributed by atoms with Gasteiger partial charge in [-0.05, 0) is 30.1 Å². The van der Waals surface area contributed by atoms with Crippen LogP contribution in [0.25, 0.3) is 0 Å². The second-order valence-electron chi connectivity index (χ2n) is 6.29. The Morgan fingerprint density at radius 3 is 2.69 bits per heavy atom. The van der Waals surface area contributed by atoms with Gasteiger partial charge in [0, 0.05) is 11.8 Å². The van der Waals surface area contributed by atoms with Crippen LogP contribution in [0.5, 0.6) is 0 Å². The van der Waals surface area contributed by atoms with E-state index in [1.807, 2.05) is 11.8 Å². The van der Waals surface area contributed by atoms with Crippen LogP contribution >= 0.6 is 11.8 Å². The van der Waals surface area contributed by atoms with Crippen LogP contribution in [-0.2, 0) is 0 Å². The van der Waals surface area contributed by atoms with E-state index in [9.17, 15) is 0 Å². The monoisotopic (exact) mass is 240 g/mol.